The van der Waals surface area contributed by atoms with Crippen LogP contribution in [-0.4, -0.2) is 0 Å². The number of aryl methyl sites for hydroxylation is 1. The summed E-state index contributed by atoms with van der Waals surface area (Å²) in [4.78, 5) is 0. The van der Waals surface area contributed by atoms with E-state index in [-0.39, 0.29) is 0 Å². The van der Waals surface area contributed by atoms with Crippen LogP contribution in [0, 0.1) is 24.7 Å². The summed E-state index contributed by atoms with van der Waals surface area (Å²) >= 11 is 0. The van der Waals surface area contributed by atoms with Crippen LogP contribution < -0.4 is 0 Å². The molecule has 0 saturated heterocycles. The second-order valence-corrected chi connectivity index (χ2v) is 7.44. The molecule has 2 aliphatic rings. The van der Waals surface area contributed by atoms with E-state index in [1.54, 1.807) is 5.57 Å². The molecule has 0 aliphatic heterocycles. The summed E-state index contributed by atoms with van der Waals surface area (Å²) in [6.45, 7) is 6.06. The van der Waals surface area contributed by atoms with Crippen LogP contribution in [0.4, 0.5) is 0 Å². The van der Waals surface area contributed by atoms with E-state index < -0.39 is 0 Å². The van der Waals surface area contributed by atoms with E-state index in [2.05, 4.69) is 49.9 Å². The molecule has 1 unspecified atom stereocenters. The first kappa shape index (κ1) is 15.6. The van der Waals surface area contributed by atoms with Gasteiger partial charge >= 0.3 is 0 Å². The molecule has 2 aliphatic carbocycles. The van der Waals surface area contributed by atoms with Crippen molar-refractivity contribution < 1.29 is 0 Å². The minimum Gasteiger partial charge on any atom is -0.103 e. The molecule has 0 heterocycles. The Morgan fingerprint density at radius 2 is 1.73 bits per heavy atom. The van der Waals surface area contributed by atoms with Crippen molar-refractivity contribution in [2.24, 2.45) is 17.8 Å². The Hall–Kier alpha value is -1.30. The monoisotopic (exact) mass is 294 g/mol. The maximum atomic E-state index is 3.90. The van der Waals surface area contributed by atoms with Crippen molar-refractivity contribution >= 4 is 5.57 Å². The molecule has 0 radical (unpaired) electrons. The first-order chi connectivity index (χ1) is 10.8. The van der Waals surface area contributed by atoms with E-state index in [0.29, 0.717) is 0 Å². The van der Waals surface area contributed by atoms with Crippen LogP contribution in [-0.2, 0) is 0 Å². The summed E-state index contributed by atoms with van der Waals surface area (Å²) in [7, 11) is 0. The van der Waals surface area contributed by atoms with Crippen molar-refractivity contribution in [1.29, 1.82) is 0 Å². The largest absolute Gasteiger partial charge is 0.103 e. The number of benzene rings is 1. The van der Waals surface area contributed by atoms with Gasteiger partial charge in [-0.2, -0.15) is 0 Å². The van der Waals surface area contributed by atoms with Gasteiger partial charge in [0.05, 0.1) is 0 Å². The molecule has 1 aromatic carbocycles. The van der Waals surface area contributed by atoms with E-state index >= 15 is 0 Å². The molecular formula is C22H30. The van der Waals surface area contributed by atoms with Gasteiger partial charge in [-0.1, -0.05) is 42.0 Å². The van der Waals surface area contributed by atoms with Crippen molar-refractivity contribution in [3.05, 3.63) is 54.1 Å². The van der Waals surface area contributed by atoms with Crippen molar-refractivity contribution in [2.45, 2.75) is 58.3 Å². The molecule has 0 bridgehead atoms. The van der Waals surface area contributed by atoms with Gasteiger partial charge in [0, 0.05) is 0 Å². The van der Waals surface area contributed by atoms with Gasteiger partial charge in [0.2, 0.25) is 0 Å². The smallest absolute Gasteiger partial charge is 0.0228 e. The highest BCUT2D eigenvalue weighted by Crippen LogP contribution is 2.41. The molecule has 22 heavy (non-hydrogen) atoms. The fraction of sp³-hybridized carbons (Fsp3) is 0.545. The van der Waals surface area contributed by atoms with Gasteiger partial charge in [-0.3, -0.25) is 0 Å². The predicted molar refractivity (Wildman–Crippen MR) is 96.8 cm³/mol. The molecule has 118 valence electrons. The lowest BCUT2D eigenvalue weighted by Gasteiger charge is -2.35. The van der Waals surface area contributed by atoms with E-state index in [9.17, 15) is 0 Å². The average molecular weight is 294 g/mol. The molecule has 0 N–H and O–H groups in total. The van der Waals surface area contributed by atoms with Crippen LogP contribution in [0.15, 0.2) is 43.0 Å². The first-order valence-corrected chi connectivity index (χ1v) is 9.13. The lowest BCUT2D eigenvalue weighted by Crippen LogP contribution is -2.23. The molecule has 1 atom stereocenters. The van der Waals surface area contributed by atoms with E-state index in [4.69, 9.17) is 0 Å². The molecule has 0 nitrogen and oxygen atoms in total. The van der Waals surface area contributed by atoms with E-state index in [1.807, 2.05) is 0 Å². The van der Waals surface area contributed by atoms with E-state index in [0.717, 1.165) is 17.8 Å². The minimum absolute atomic E-state index is 0.927. The van der Waals surface area contributed by atoms with Crippen LogP contribution in [0.25, 0.3) is 5.57 Å². The molecule has 0 spiro atoms. The fourth-order valence-corrected chi connectivity index (χ4v) is 4.44. The van der Waals surface area contributed by atoms with Crippen LogP contribution in [0.5, 0.6) is 0 Å². The van der Waals surface area contributed by atoms with Crippen LogP contribution in [0.2, 0.25) is 0 Å². The second-order valence-electron chi connectivity index (χ2n) is 7.44. The van der Waals surface area contributed by atoms with Crippen LogP contribution in [0.1, 0.15) is 62.5 Å². The Balaban J connectivity index is 1.55. The summed E-state index contributed by atoms with van der Waals surface area (Å²) in [5.74, 6) is 2.85. The summed E-state index contributed by atoms with van der Waals surface area (Å²) < 4.78 is 0. The maximum Gasteiger partial charge on any atom is -0.0228 e. The summed E-state index contributed by atoms with van der Waals surface area (Å²) in [5, 5.41) is 0. The lowest BCUT2D eigenvalue weighted by molar-refractivity contribution is 0.196. The summed E-state index contributed by atoms with van der Waals surface area (Å²) in [6, 6.07) is 9.07. The van der Waals surface area contributed by atoms with Gasteiger partial charge in [0.15, 0.2) is 0 Å². The second kappa shape index (κ2) is 7.31. The van der Waals surface area contributed by atoms with Gasteiger partial charge in [-0.15, -0.1) is 6.58 Å². The number of hydrogen-bond donors (Lipinski definition) is 0. The number of hydrogen-bond acceptors (Lipinski definition) is 0. The zero-order valence-electron chi connectivity index (χ0n) is 14.1. The molecule has 1 saturated carbocycles. The predicted octanol–water partition coefficient (Wildman–Crippen LogP) is 6.56. The Kier molecular flexibility index (Phi) is 5.18. The quantitative estimate of drug-likeness (QED) is 0.551. The third kappa shape index (κ3) is 3.72. The third-order valence-corrected chi connectivity index (χ3v) is 5.93. The molecular weight excluding hydrogens is 264 g/mol. The van der Waals surface area contributed by atoms with Gasteiger partial charge in [0.25, 0.3) is 0 Å². The highest BCUT2D eigenvalue weighted by molar-refractivity contribution is 5.66. The zero-order valence-corrected chi connectivity index (χ0v) is 14.1. The van der Waals surface area contributed by atoms with Crippen molar-refractivity contribution in [1.82, 2.24) is 0 Å². The van der Waals surface area contributed by atoms with Crippen LogP contribution >= 0.6 is 0 Å². The van der Waals surface area contributed by atoms with Gasteiger partial charge in [-0.25, -0.2) is 0 Å². The molecule has 0 amide bonds. The standard InChI is InChI=1S/C22H30/c1-3-4-18-7-11-20(12-8-18)22-15-13-21(14-16-22)19-9-5-17(2)6-10-19/h3,5-6,9-10,13,18,20,22H,1,4,7-8,11-12,14-16H2,2H3. The molecule has 1 fully saturated rings. The van der Waals surface area contributed by atoms with Gasteiger partial charge in [0.1, 0.15) is 0 Å². The summed E-state index contributed by atoms with van der Waals surface area (Å²) in [5.41, 5.74) is 4.38. The Morgan fingerprint density at radius 3 is 2.32 bits per heavy atom. The molecule has 3 rings (SSSR count). The maximum absolute atomic E-state index is 3.90. The zero-order chi connectivity index (χ0) is 15.4. The number of rotatable bonds is 4. The molecule has 1 aromatic rings. The van der Waals surface area contributed by atoms with E-state index in [1.165, 1.54) is 62.5 Å². The van der Waals surface area contributed by atoms with Crippen molar-refractivity contribution in [3.63, 3.8) is 0 Å². The minimum atomic E-state index is 0.927. The van der Waals surface area contributed by atoms with Gasteiger partial charge in [-0.05, 0) is 87.2 Å². The highest BCUT2D eigenvalue weighted by Gasteiger charge is 2.28. The summed E-state index contributed by atoms with van der Waals surface area (Å²) in [6.07, 6.45) is 15.6. The van der Waals surface area contributed by atoms with Crippen molar-refractivity contribution in [3.8, 4) is 0 Å². The number of allylic oxidation sites excluding steroid dienone is 3. The lowest BCUT2D eigenvalue weighted by atomic mass is 9.70. The van der Waals surface area contributed by atoms with Crippen LogP contribution in [0.3, 0.4) is 0 Å². The first-order valence-electron chi connectivity index (χ1n) is 9.13. The average Bonchev–Trinajstić information content (AvgIpc) is 2.57. The highest BCUT2D eigenvalue weighted by atomic mass is 14.3. The normalized spacial score (nSPS) is 29.0. The third-order valence-electron chi connectivity index (χ3n) is 5.93. The van der Waals surface area contributed by atoms with Crippen molar-refractivity contribution in [2.75, 3.05) is 0 Å². The Morgan fingerprint density at radius 1 is 1.00 bits per heavy atom. The SMILES string of the molecule is C=CCC1CCC(C2CC=C(c3ccc(C)cc3)CC2)CC1. The van der Waals surface area contributed by atoms with Gasteiger partial charge < -0.3 is 0 Å². The fourth-order valence-electron chi connectivity index (χ4n) is 4.44. The Bertz CT molecular complexity index is 511. The Labute approximate surface area is 136 Å². The molecule has 0 heteroatoms. The topological polar surface area (TPSA) is 0 Å². The molecule has 0 aromatic heterocycles.